The summed E-state index contributed by atoms with van der Waals surface area (Å²) in [4.78, 5) is 29.8. The number of aromatic nitrogens is 3. The molecule has 1 aromatic heterocycles. The highest BCUT2D eigenvalue weighted by Crippen LogP contribution is 2.60. The van der Waals surface area contributed by atoms with Crippen molar-refractivity contribution < 1.29 is 28.3 Å². The number of aliphatic hydroxyl groups excluding tert-OH is 1. The first-order chi connectivity index (χ1) is 20.1. The number of carbonyl (C=O) groups excluding carboxylic acids is 2. The molecule has 0 bridgehead atoms. The molecule has 12 heteroatoms. The second kappa shape index (κ2) is 10.9. The Balaban J connectivity index is 1.28. The number of anilines is 2. The summed E-state index contributed by atoms with van der Waals surface area (Å²) in [7, 11) is -3.28. The smallest absolute Gasteiger partial charge is 0.414 e. The molecule has 2 fully saturated rings. The summed E-state index contributed by atoms with van der Waals surface area (Å²) in [5, 5.41) is 17.4. The van der Waals surface area contributed by atoms with Crippen LogP contribution in [0, 0.1) is 5.92 Å². The van der Waals surface area contributed by atoms with E-state index in [1.54, 1.807) is 33.8 Å². The number of nitrogens with zero attached hydrogens (tertiary/aromatic N) is 5. The van der Waals surface area contributed by atoms with Crippen LogP contribution in [0.15, 0.2) is 54.7 Å². The molecule has 2 saturated heterocycles. The van der Waals surface area contributed by atoms with Crippen molar-refractivity contribution in [2.75, 3.05) is 29.6 Å². The first-order valence-electron chi connectivity index (χ1n) is 14.4. The highest BCUT2D eigenvalue weighted by molar-refractivity contribution is 6.72. The number of benzene rings is 2. The van der Waals surface area contributed by atoms with Crippen molar-refractivity contribution in [2.24, 2.45) is 5.92 Å². The van der Waals surface area contributed by atoms with E-state index in [4.69, 9.17) is 9.47 Å². The second-order valence-electron chi connectivity index (χ2n) is 11.8. The van der Waals surface area contributed by atoms with Gasteiger partial charge in [0.1, 0.15) is 6.61 Å². The van der Waals surface area contributed by atoms with Crippen LogP contribution in [-0.4, -0.2) is 66.4 Å². The quantitative estimate of drug-likeness (QED) is 0.293. The Kier molecular flexibility index (Phi) is 7.40. The van der Waals surface area contributed by atoms with Gasteiger partial charge in [0.25, 0.3) is 5.91 Å². The average Bonchev–Trinajstić information content (AvgIpc) is 3.72. The summed E-state index contributed by atoms with van der Waals surface area (Å²) in [5.74, 6) is -0.558. The maximum Gasteiger partial charge on any atom is 0.414 e. The Morgan fingerprint density at radius 3 is 2.60 bits per heavy atom. The summed E-state index contributed by atoms with van der Waals surface area (Å²) in [5.41, 5.74) is 2.18. The number of halogens is 1. The minimum absolute atomic E-state index is 0.0105. The highest BCUT2D eigenvalue weighted by atomic mass is 28.4. The van der Waals surface area contributed by atoms with Gasteiger partial charge in [-0.05, 0) is 43.3 Å². The number of rotatable bonds is 9. The molecule has 0 saturated carbocycles. The lowest BCUT2D eigenvalue weighted by Gasteiger charge is -2.31. The van der Waals surface area contributed by atoms with E-state index in [-0.39, 0.29) is 24.5 Å². The molecule has 0 aliphatic carbocycles. The van der Waals surface area contributed by atoms with E-state index in [1.165, 1.54) is 0 Å². The number of aliphatic hydroxyl groups is 1. The molecule has 0 unspecified atom stereocenters. The van der Waals surface area contributed by atoms with Crippen LogP contribution in [0.2, 0.25) is 18.6 Å². The Morgan fingerprint density at radius 2 is 1.90 bits per heavy atom. The van der Waals surface area contributed by atoms with Crippen LogP contribution in [0.4, 0.5) is 20.3 Å². The maximum absolute atomic E-state index is 16.0. The van der Waals surface area contributed by atoms with Crippen molar-refractivity contribution in [1.82, 2.24) is 15.0 Å². The number of hydrogen-bond acceptors (Lipinski definition) is 7. The standard InChI is InChI=1S/C30H36FN5O5Si/c1-20-27(42(2,3)31)26(12-14-34-19-22(13-16-37)32-33-34)41-30(20)24-6-4-5-7-25(24)36(28(30)38)18-21-8-10-23(11-9-21)35-15-17-40-29(35)39/h4-11,19-20,26-27,37H,12-18H2,1-3H3/t20-,26+,27-,30+/m0/s1. The zero-order chi connectivity index (χ0) is 29.6. The minimum Gasteiger partial charge on any atom is -0.447 e. The molecule has 4 atom stereocenters. The van der Waals surface area contributed by atoms with Gasteiger partial charge < -0.3 is 23.6 Å². The zero-order valence-electron chi connectivity index (χ0n) is 24.1. The Bertz CT molecular complexity index is 1480. The monoisotopic (exact) mass is 593 g/mol. The number of carbonyl (C=O) groups is 2. The Labute approximate surface area is 245 Å². The third kappa shape index (κ3) is 4.80. The van der Waals surface area contributed by atoms with Crippen LogP contribution < -0.4 is 9.80 Å². The molecule has 222 valence electrons. The van der Waals surface area contributed by atoms with Crippen molar-refractivity contribution in [3.63, 3.8) is 0 Å². The van der Waals surface area contributed by atoms with Gasteiger partial charge in [-0.1, -0.05) is 42.5 Å². The first kappa shape index (κ1) is 28.5. The zero-order valence-corrected chi connectivity index (χ0v) is 25.1. The molecule has 1 spiro atoms. The van der Waals surface area contributed by atoms with E-state index in [1.807, 2.05) is 55.5 Å². The predicted octanol–water partition coefficient (Wildman–Crippen LogP) is 4.18. The minimum atomic E-state index is -3.28. The molecular formula is C30H36FN5O5Si. The maximum atomic E-state index is 16.0. The topological polar surface area (TPSA) is 110 Å². The summed E-state index contributed by atoms with van der Waals surface area (Å²) < 4.78 is 29.6. The number of aryl methyl sites for hydroxylation is 1. The lowest BCUT2D eigenvalue weighted by molar-refractivity contribution is -0.146. The molecule has 3 aliphatic heterocycles. The molecule has 4 heterocycles. The fourth-order valence-corrected chi connectivity index (χ4v) is 9.50. The molecule has 6 rings (SSSR count). The summed E-state index contributed by atoms with van der Waals surface area (Å²) in [6.07, 6.45) is 1.84. The molecular weight excluding hydrogens is 557 g/mol. The lowest BCUT2D eigenvalue weighted by Crippen LogP contribution is -2.45. The third-order valence-corrected chi connectivity index (χ3v) is 11.3. The number of hydrogen-bond donors (Lipinski definition) is 1. The molecule has 10 nitrogen and oxygen atoms in total. The van der Waals surface area contributed by atoms with Gasteiger partial charge in [-0.2, -0.15) is 0 Å². The molecule has 2 amide bonds. The van der Waals surface area contributed by atoms with Gasteiger partial charge in [0.15, 0.2) is 5.60 Å². The van der Waals surface area contributed by atoms with Crippen LogP contribution in [0.1, 0.15) is 30.2 Å². The molecule has 0 radical (unpaired) electrons. The van der Waals surface area contributed by atoms with E-state index in [0.717, 1.165) is 22.5 Å². The first-order valence-corrected chi connectivity index (χ1v) is 17.4. The fraction of sp³-hybridized carbons (Fsp3) is 0.467. The largest absolute Gasteiger partial charge is 0.447 e. The predicted molar refractivity (Wildman–Crippen MR) is 156 cm³/mol. The van der Waals surface area contributed by atoms with Crippen molar-refractivity contribution in [3.05, 3.63) is 71.5 Å². The van der Waals surface area contributed by atoms with Crippen LogP contribution in [0.5, 0.6) is 0 Å². The molecule has 42 heavy (non-hydrogen) atoms. The van der Waals surface area contributed by atoms with Gasteiger partial charge in [0.05, 0.1) is 30.6 Å². The van der Waals surface area contributed by atoms with E-state index < -0.39 is 25.7 Å². The van der Waals surface area contributed by atoms with Gasteiger partial charge in [0, 0.05) is 48.5 Å². The molecule has 2 aromatic carbocycles. The number of cyclic esters (lactones) is 1. The molecule has 3 aliphatic rings. The number of amides is 2. The summed E-state index contributed by atoms with van der Waals surface area (Å²) >= 11 is 0. The van der Waals surface area contributed by atoms with Crippen molar-refractivity contribution >= 4 is 31.8 Å². The number of fused-ring (bicyclic) bond motifs is 2. The average molecular weight is 594 g/mol. The van der Waals surface area contributed by atoms with Crippen LogP contribution in [0.3, 0.4) is 0 Å². The second-order valence-corrected chi connectivity index (χ2v) is 15.6. The molecule has 3 aromatic rings. The summed E-state index contributed by atoms with van der Waals surface area (Å²) in [6.45, 7) is 6.98. The lowest BCUT2D eigenvalue weighted by atomic mass is 9.82. The van der Waals surface area contributed by atoms with Gasteiger partial charge in [-0.25, -0.2) is 4.79 Å². The van der Waals surface area contributed by atoms with E-state index >= 15 is 4.11 Å². The number of ether oxygens (including phenoxy) is 2. The van der Waals surface area contributed by atoms with Crippen LogP contribution >= 0.6 is 0 Å². The Morgan fingerprint density at radius 1 is 1.14 bits per heavy atom. The number of para-hydroxylation sites is 1. The van der Waals surface area contributed by atoms with Crippen molar-refractivity contribution in [2.45, 2.75) is 63.2 Å². The van der Waals surface area contributed by atoms with E-state index in [0.29, 0.717) is 44.8 Å². The SMILES string of the molecule is C[C@H]1[C@H]([Si](C)(C)F)[C@@H](CCn2cc(CCO)nn2)O[C@]12C(=O)N(Cc1ccc(N3CCOC3=O)cc1)c1ccccc12. The highest BCUT2D eigenvalue weighted by Gasteiger charge is 2.66. The van der Waals surface area contributed by atoms with E-state index in [2.05, 4.69) is 10.3 Å². The van der Waals surface area contributed by atoms with Gasteiger partial charge in [-0.3, -0.25) is 14.4 Å². The molecule has 1 N–H and O–H groups in total. The van der Waals surface area contributed by atoms with Crippen molar-refractivity contribution in [1.29, 1.82) is 0 Å². The Hall–Kier alpha value is -3.61. The van der Waals surface area contributed by atoms with E-state index in [9.17, 15) is 14.7 Å². The normalized spacial score (nSPS) is 25.5. The van der Waals surface area contributed by atoms with Gasteiger partial charge >= 0.3 is 6.09 Å². The summed E-state index contributed by atoms with van der Waals surface area (Å²) in [6, 6.07) is 15.2. The van der Waals surface area contributed by atoms with Crippen molar-refractivity contribution in [3.8, 4) is 0 Å². The van der Waals surface area contributed by atoms with Crippen LogP contribution in [-0.2, 0) is 39.4 Å². The van der Waals surface area contributed by atoms with Gasteiger partial charge in [-0.15, -0.1) is 5.10 Å². The van der Waals surface area contributed by atoms with Gasteiger partial charge in [0.2, 0.25) is 8.41 Å². The third-order valence-electron chi connectivity index (χ3n) is 8.81. The fourth-order valence-electron chi connectivity index (χ4n) is 6.96. The van der Waals surface area contributed by atoms with Crippen LogP contribution in [0.25, 0.3) is 0 Å².